The first-order valence-electron chi connectivity index (χ1n) is 7.55. The molecular weight excluding hydrogens is 305 g/mol. The molecule has 2 bridgehead atoms. The Bertz CT molecular complexity index is 558. The van der Waals surface area contributed by atoms with Gasteiger partial charge in [-0.2, -0.15) is 0 Å². The molecule has 1 unspecified atom stereocenters. The predicted molar refractivity (Wildman–Crippen MR) is 86.3 cm³/mol. The number of rotatable bonds is 3. The van der Waals surface area contributed by atoms with Crippen LogP contribution < -0.4 is 0 Å². The van der Waals surface area contributed by atoms with Gasteiger partial charge in [0.2, 0.25) is 0 Å². The van der Waals surface area contributed by atoms with E-state index in [0.29, 0.717) is 6.42 Å². The molecule has 1 saturated heterocycles. The van der Waals surface area contributed by atoms with Crippen LogP contribution in [0.15, 0.2) is 30.3 Å². The van der Waals surface area contributed by atoms with Crippen molar-refractivity contribution in [3.8, 4) is 0 Å². The normalized spacial score (nSPS) is 26.6. The standard InChI is InChI=1S/C17H20FNO2.ClH/c1-2-17(20)21-16-8-10-19-9-7-14(15(16)11-19)12-3-5-13(18)6-4-12;/h3-7,15-16H,2,8-11H2,1H3;1H/t15-,16+;/m0./s1. The lowest BCUT2D eigenvalue weighted by molar-refractivity contribution is -0.152. The van der Waals surface area contributed by atoms with Gasteiger partial charge in [0.25, 0.3) is 0 Å². The Morgan fingerprint density at radius 1 is 1.36 bits per heavy atom. The van der Waals surface area contributed by atoms with E-state index in [1.54, 1.807) is 0 Å². The Morgan fingerprint density at radius 3 is 2.77 bits per heavy atom. The third kappa shape index (κ3) is 3.50. The van der Waals surface area contributed by atoms with Crippen LogP contribution in [0.4, 0.5) is 4.39 Å². The molecule has 2 heterocycles. The molecule has 0 amide bonds. The Kier molecular flexibility index (Phi) is 5.59. The van der Waals surface area contributed by atoms with Gasteiger partial charge in [-0.25, -0.2) is 4.39 Å². The quantitative estimate of drug-likeness (QED) is 0.799. The first-order chi connectivity index (χ1) is 10.2. The molecule has 120 valence electrons. The summed E-state index contributed by atoms with van der Waals surface area (Å²) in [5.41, 5.74) is 2.21. The van der Waals surface area contributed by atoms with E-state index in [2.05, 4.69) is 11.0 Å². The molecule has 0 N–H and O–H groups in total. The molecule has 0 aromatic heterocycles. The minimum Gasteiger partial charge on any atom is -0.462 e. The molecule has 0 saturated carbocycles. The summed E-state index contributed by atoms with van der Waals surface area (Å²) < 4.78 is 18.7. The van der Waals surface area contributed by atoms with E-state index in [-0.39, 0.29) is 36.2 Å². The van der Waals surface area contributed by atoms with Crippen molar-refractivity contribution in [2.24, 2.45) is 5.92 Å². The number of benzene rings is 1. The van der Waals surface area contributed by atoms with Gasteiger partial charge in [0, 0.05) is 32.0 Å². The third-order valence-electron chi connectivity index (χ3n) is 4.35. The number of halogens is 2. The van der Waals surface area contributed by atoms with Crippen LogP contribution in [0.3, 0.4) is 0 Å². The fourth-order valence-corrected chi connectivity index (χ4v) is 3.21. The highest BCUT2D eigenvalue weighted by atomic mass is 35.5. The van der Waals surface area contributed by atoms with Gasteiger partial charge in [-0.1, -0.05) is 25.1 Å². The Balaban J connectivity index is 0.00000176. The molecule has 2 aliphatic heterocycles. The molecule has 2 aliphatic rings. The molecule has 1 fully saturated rings. The fraction of sp³-hybridized carbons (Fsp3) is 0.471. The van der Waals surface area contributed by atoms with Crippen LogP contribution >= 0.6 is 12.4 Å². The highest BCUT2D eigenvalue weighted by Gasteiger charge is 2.36. The van der Waals surface area contributed by atoms with Gasteiger partial charge in [-0.05, 0) is 29.7 Å². The number of nitrogens with zero attached hydrogens (tertiary/aromatic N) is 1. The molecule has 3 atom stereocenters. The lowest BCUT2D eigenvalue weighted by Gasteiger charge is -2.42. The maximum absolute atomic E-state index is 13.1. The first-order valence-corrected chi connectivity index (χ1v) is 7.55. The van der Waals surface area contributed by atoms with Crippen molar-refractivity contribution in [2.75, 3.05) is 19.6 Å². The monoisotopic (exact) mass is 325 g/mol. The molecule has 1 aromatic rings. The van der Waals surface area contributed by atoms with Crippen LogP contribution in [-0.2, 0) is 9.53 Å². The zero-order valence-electron chi connectivity index (χ0n) is 12.6. The summed E-state index contributed by atoms with van der Waals surface area (Å²) in [4.78, 5) is 14.0. The van der Waals surface area contributed by atoms with Gasteiger partial charge in [0.05, 0.1) is 0 Å². The number of carbonyl (C=O) groups excluding carboxylic acids is 1. The Morgan fingerprint density at radius 2 is 2.09 bits per heavy atom. The fourth-order valence-electron chi connectivity index (χ4n) is 3.21. The van der Waals surface area contributed by atoms with Gasteiger partial charge in [0.1, 0.15) is 11.9 Å². The maximum Gasteiger partial charge on any atom is 0.305 e. The first kappa shape index (κ1) is 17.0. The number of hydrogen-bond acceptors (Lipinski definition) is 3. The zero-order valence-corrected chi connectivity index (χ0v) is 13.4. The van der Waals surface area contributed by atoms with E-state index < -0.39 is 0 Å². The maximum atomic E-state index is 13.1. The SMILES string of the molecule is CCC(=O)O[C@@H]1CCN2CC=C(c3ccc(F)cc3)[C@@H]1C2.Cl. The van der Waals surface area contributed by atoms with Crippen LogP contribution in [0, 0.1) is 11.7 Å². The van der Waals surface area contributed by atoms with E-state index in [1.165, 1.54) is 17.7 Å². The highest BCUT2D eigenvalue weighted by molar-refractivity contribution is 5.85. The average Bonchev–Trinajstić information content (AvgIpc) is 2.51. The second-order valence-electron chi connectivity index (χ2n) is 5.70. The van der Waals surface area contributed by atoms with Crippen molar-refractivity contribution in [2.45, 2.75) is 25.9 Å². The number of piperidine rings is 1. The van der Waals surface area contributed by atoms with E-state index >= 15 is 0 Å². The van der Waals surface area contributed by atoms with Crippen LogP contribution in [0.2, 0.25) is 0 Å². The average molecular weight is 326 g/mol. The smallest absolute Gasteiger partial charge is 0.305 e. The van der Waals surface area contributed by atoms with Crippen molar-refractivity contribution < 1.29 is 13.9 Å². The summed E-state index contributed by atoms with van der Waals surface area (Å²) in [5, 5.41) is 0. The summed E-state index contributed by atoms with van der Waals surface area (Å²) in [7, 11) is 0. The largest absolute Gasteiger partial charge is 0.462 e. The Hall–Kier alpha value is -1.39. The minimum atomic E-state index is -0.227. The van der Waals surface area contributed by atoms with Crippen molar-refractivity contribution in [3.05, 3.63) is 41.7 Å². The lowest BCUT2D eigenvalue weighted by Crippen LogP contribution is -2.47. The van der Waals surface area contributed by atoms with Crippen LogP contribution in [-0.4, -0.2) is 36.6 Å². The van der Waals surface area contributed by atoms with E-state index in [4.69, 9.17) is 4.74 Å². The van der Waals surface area contributed by atoms with E-state index in [0.717, 1.165) is 31.6 Å². The molecule has 5 heteroatoms. The van der Waals surface area contributed by atoms with Gasteiger partial charge in [0.15, 0.2) is 0 Å². The lowest BCUT2D eigenvalue weighted by atomic mass is 9.81. The minimum absolute atomic E-state index is 0. The zero-order chi connectivity index (χ0) is 14.8. The highest BCUT2D eigenvalue weighted by Crippen LogP contribution is 2.36. The van der Waals surface area contributed by atoms with Crippen molar-refractivity contribution >= 4 is 23.9 Å². The molecule has 0 radical (unpaired) electrons. The number of ether oxygens (including phenoxy) is 1. The number of hydrogen-bond donors (Lipinski definition) is 0. The van der Waals surface area contributed by atoms with Gasteiger partial charge in [-0.3, -0.25) is 9.69 Å². The molecule has 3 rings (SSSR count). The summed E-state index contributed by atoms with van der Waals surface area (Å²) in [6.45, 7) is 4.60. The van der Waals surface area contributed by atoms with E-state index in [1.807, 2.05) is 19.1 Å². The Labute approximate surface area is 136 Å². The predicted octanol–water partition coefficient (Wildman–Crippen LogP) is 3.29. The van der Waals surface area contributed by atoms with Crippen molar-refractivity contribution in [3.63, 3.8) is 0 Å². The molecular formula is C17H21ClFNO2. The third-order valence-corrected chi connectivity index (χ3v) is 4.35. The summed E-state index contributed by atoms with van der Waals surface area (Å²) in [6, 6.07) is 6.59. The van der Waals surface area contributed by atoms with E-state index in [9.17, 15) is 9.18 Å². The molecule has 0 spiro atoms. The second kappa shape index (κ2) is 7.25. The van der Waals surface area contributed by atoms with Crippen molar-refractivity contribution in [1.29, 1.82) is 0 Å². The number of esters is 1. The molecule has 1 aromatic carbocycles. The molecule has 3 nitrogen and oxygen atoms in total. The van der Waals surface area contributed by atoms with Crippen LogP contribution in [0.25, 0.3) is 5.57 Å². The topological polar surface area (TPSA) is 29.5 Å². The second-order valence-corrected chi connectivity index (χ2v) is 5.70. The van der Waals surface area contributed by atoms with Gasteiger partial charge < -0.3 is 4.74 Å². The van der Waals surface area contributed by atoms with Crippen LogP contribution in [0.5, 0.6) is 0 Å². The van der Waals surface area contributed by atoms with Gasteiger partial charge >= 0.3 is 5.97 Å². The summed E-state index contributed by atoms with van der Waals surface area (Å²) >= 11 is 0. The number of carbonyl (C=O) groups is 1. The molecule has 0 aliphatic carbocycles. The molecule has 22 heavy (non-hydrogen) atoms. The van der Waals surface area contributed by atoms with Crippen LogP contribution in [0.1, 0.15) is 25.3 Å². The van der Waals surface area contributed by atoms with Gasteiger partial charge in [-0.15, -0.1) is 12.4 Å². The van der Waals surface area contributed by atoms with Crippen molar-refractivity contribution in [1.82, 2.24) is 4.90 Å². The summed E-state index contributed by atoms with van der Waals surface area (Å²) in [5.74, 6) is -0.180. The summed E-state index contributed by atoms with van der Waals surface area (Å²) in [6.07, 6.45) is 3.40. The number of fused-ring (bicyclic) bond motifs is 2.